The lowest BCUT2D eigenvalue weighted by molar-refractivity contribution is -0.144. The Morgan fingerprint density at radius 2 is 2.11 bits per heavy atom. The molecule has 0 aliphatic heterocycles. The number of rotatable bonds is 6. The number of amides is 1. The third-order valence-corrected chi connectivity index (χ3v) is 3.53. The summed E-state index contributed by atoms with van der Waals surface area (Å²) in [7, 11) is -0.932. The van der Waals surface area contributed by atoms with Crippen molar-refractivity contribution >= 4 is 21.9 Å². The summed E-state index contributed by atoms with van der Waals surface area (Å²) in [6.45, 7) is -0.697. The van der Waals surface area contributed by atoms with Gasteiger partial charge in [0.1, 0.15) is 10.6 Å². The number of nitrogens with one attached hydrogen (secondary N) is 2. The third kappa shape index (κ3) is 3.77. The first-order chi connectivity index (χ1) is 8.77. The maximum atomic E-state index is 11.6. The summed E-state index contributed by atoms with van der Waals surface area (Å²) in [5.41, 5.74) is 1.91. The average Bonchev–Trinajstić information content (AvgIpc) is 2.71. The molecule has 0 aliphatic carbocycles. The Hall–Kier alpha value is -1.91. The summed E-state index contributed by atoms with van der Waals surface area (Å²) in [6, 6.07) is 1.14. The van der Waals surface area contributed by atoms with Crippen LogP contribution in [0.25, 0.3) is 0 Å². The van der Waals surface area contributed by atoms with Crippen molar-refractivity contribution in [2.75, 3.05) is 13.7 Å². The van der Waals surface area contributed by atoms with E-state index in [0.29, 0.717) is 0 Å². The van der Waals surface area contributed by atoms with Crippen LogP contribution in [0.1, 0.15) is 10.5 Å². The first-order valence-corrected chi connectivity index (χ1v) is 6.50. The predicted molar refractivity (Wildman–Crippen MR) is 62.7 cm³/mol. The van der Waals surface area contributed by atoms with Gasteiger partial charge in [0.2, 0.25) is 10.0 Å². The number of hydroxylamine groups is 1. The van der Waals surface area contributed by atoms with Crippen LogP contribution in [-0.2, 0) is 26.7 Å². The van der Waals surface area contributed by atoms with Crippen LogP contribution in [0.5, 0.6) is 0 Å². The van der Waals surface area contributed by atoms with E-state index >= 15 is 0 Å². The summed E-state index contributed by atoms with van der Waals surface area (Å²) in [5, 5.41) is 8.33. The molecule has 1 aromatic heterocycles. The molecule has 0 aliphatic rings. The molecule has 0 unspecified atom stereocenters. The molecule has 3 N–H and O–H groups in total. The zero-order chi connectivity index (χ0) is 14.6. The second-order valence-corrected chi connectivity index (χ2v) is 5.38. The van der Waals surface area contributed by atoms with Crippen molar-refractivity contribution in [3.05, 3.63) is 18.0 Å². The second-order valence-electron chi connectivity index (χ2n) is 3.49. The Bertz CT molecular complexity index is 591. The molecule has 1 amide bonds. The molecule has 1 heterocycles. The van der Waals surface area contributed by atoms with Crippen LogP contribution in [0.15, 0.2) is 17.2 Å². The van der Waals surface area contributed by atoms with E-state index in [-0.39, 0.29) is 10.6 Å². The fraction of sp³-hybridized carbons (Fsp3) is 0.333. The topological polar surface area (TPSA) is 127 Å². The van der Waals surface area contributed by atoms with E-state index in [1.165, 1.54) is 24.9 Å². The molecule has 0 fully saturated rings. The lowest BCUT2D eigenvalue weighted by Gasteiger charge is -2.04. The number of aromatic nitrogens is 1. The maximum Gasteiger partial charge on any atom is 0.332 e. The number of aliphatic carboxylic acids is 1. The lowest BCUT2D eigenvalue weighted by atomic mass is 10.4. The van der Waals surface area contributed by atoms with Gasteiger partial charge in [0, 0.05) is 13.2 Å². The van der Waals surface area contributed by atoms with Gasteiger partial charge in [0.05, 0.1) is 0 Å². The Morgan fingerprint density at radius 1 is 1.47 bits per heavy atom. The minimum atomic E-state index is -3.65. The lowest BCUT2D eigenvalue weighted by Crippen LogP contribution is -2.28. The van der Waals surface area contributed by atoms with Gasteiger partial charge in [0.25, 0.3) is 5.91 Å². The molecule has 0 radical (unpaired) electrons. The predicted octanol–water partition coefficient (Wildman–Crippen LogP) is -1.32. The van der Waals surface area contributed by atoms with Crippen LogP contribution < -0.4 is 10.2 Å². The summed E-state index contributed by atoms with van der Waals surface area (Å²) in [4.78, 5) is 26.1. The number of hydrogen-bond acceptors (Lipinski definition) is 5. The number of nitrogens with zero attached hydrogens (tertiary/aromatic N) is 1. The highest BCUT2D eigenvalue weighted by Gasteiger charge is 2.19. The van der Waals surface area contributed by atoms with Gasteiger partial charge >= 0.3 is 5.97 Å². The normalized spacial score (nSPS) is 11.3. The van der Waals surface area contributed by atoms with Gasteiger partial charge in [-0.1, -0.05) is 0 Å². The van der Waals surface area contributed by atoms with Crippen LogP contribution in [0.4, 0.5) is 0 Å². The molecule has 19 heavy (non-hydrogen) atoms. The zero-order valence-corrected chi connectivity index (χ0v) is 11.0. The number of aryl methyl sites for hydroxylation is 1. The molecular formula is C9H13N3O6S. The number of carbonyl (C=O) groups excluding carboxylic acids is 1. The highest BCUT2D eigenvalue weighted by molar-refractivity contribution is 7.89. The number of carboxylic acids is 1. The van der Waals surface area contributed by atoms with Crippen LogP contribution in [0, 0.1) is 0 Å². The molecular weight excluding hydrogens is 278 g/mol. The Kier molecular flexibility index (Phi) is 4.64. The molecule has 0 saturated heterocycles. The first kappa shape index (κ1) is 15.1. The molecule has 10 heteroatoms. The van der Waals surface area contributed by atoms with E-state index in [0.717, 1.165) is 6.07 Å². The van der Waals surface area contributed by atoms with Crippen molar-refractivity contribution in [2.45, 2.75) is 4.90 Å². The summed E-state index contributed by atoms with van der Waals surface area (Å²) < 4.78 is 26.4. The largest absolute Gasteiger partial charge is 0.479 e. The van der Waals surface area contributed by atoms with Crippen molar-refractivity contribution < 1.29 is 28.0 Å². The van der Waals surface area contributed by atoms with E-state index in [1.54, 1.807) is 0 Å². The molecule has 0 aromatic carbocycles. The standard InChI is InChI=1S/C9H13N3O6S/c1-10-19(16,17)6-3-7(12(2)4-6)9(15)11-18-5-8(13)14/h3-4,10H,5H2,1-2H3,(H,11,15)(H,13,14). The van der Waals surface area contributed by atoms with Gasteiger partial charge in [-0.05, 0) is 13.1 Å². The highest BCUT2D eigenvalue weighted by atomic mass is 32.2. The van der Waals surface area contributed by atoms with Crippen molar-refractivity contribution in [1.82, 2.24) is 14.8 Å². The molecule has 0 atom stereocenters. The van der Waals surface area contributed by atoms with Gasteiger partial charge in [-0.3, -0.25) is 9.63 Å². The Labute approximate surface area is 109 Å². The zero-order valence-electron chi connectivity index (χ0n) is 10.2. The van der Waals surface area contributed by atoms with Crippen molar-refractivity contribution in [3.8, 4) is 0 Å². The van der Waals surface area contributed by atoms with Gasteiger partial charge in [-0.2, -0.15) is 0 Å². The molecule has 1 rings (SSSR count). The van der Waals surface area contributed by atoms with Crippen LogP contribution in [-0.4, -0.2) is 43.6 Å². The van der Waals surface area contributed by atoms with E-state index in [2.05, 4.69) is 9.56 Å². The molecule has 1 aromatic rings. The molecule has 106 valence electrons. The van der Waals surface area contributed by atoms with Crippen LogP contribution >= 0.6 is 0 Å². The fourth-order valence-corrected chi connectivity index (χ4v) is 2.04. The average molecular weight is 291 g/mol. The van der Waals surface area contributed by atoms with Crippen molar-refractivity contribution in [3.63, 3.8) is 0 Å². The van der Waals surface area contributed by atoms with Crippen LogP contribution in [0.2, 0.25) is 0 Å². The fourth-order valence-electron chi connectivity index (χ4n) is 1.24. The Balaban J connectivity index is 2.85. The Morgan fingerprint density at radius 3 is 2.63 bits per heavy atom. The molecule has 0 spiro atoms. The van der Waals surface area contributed by atoms with E-state index in [9.17, 15) is 18.0 Å². The minimum absolute atomic E-state index is 0.0132. The van der Waals surface area contributed by atoms with Crippen molar-refractivity contribution in [2.24, 2.45) is 7.05 Å². The second kappa shape index (κ2) is 5.82. The molecule has 0 saturated carbocycles. The molecule has 0 bridgehead atoms. The summed E-state index contributed by atoms with van der Waals surface area (Å²) >= 11 is 0. The number of hydrogen-bond donors (Lipinski definition) is 3. The smallest absolute Gasteiger partial charge is 0.332 e. The van der Waals surface area contributed by atoms with Gasteiger partial charge < -0.3 is 9.67 Å². The van der Waals surface area contributed by atoms with Crippen molar-refractivity contribution in [1.29, 1.82) is 0 Å². The number of carboxylic acid groups (broad SMARTS) is 1. The monoisotopic (exact) mass is 291 g/mol. The summed E-state index contributed by atoms with van der Waals surface area (Å²) in [6.07, 6.45) is 1.25. The third-order valence-electron chi connectivity index (χ3n) is 2.15. The highest BCUT2D eigenvalue weighted by Crippen LogP contribution is 2.12. The summed E-state index contributed by atoms with van der Waals surface area (Å²) in [5.74, 6) is -1.99. The number of carbonyl (C=O) groups is 2. The quantitative estimate of drug-likeness (QED) is 0.558. The van der Waals surface area contributed by atoms with E-state index in [4.69, 9.17) is 5.11 Å². The number of sulfonamides is 1. The SMILES string of the molecule is CNS(=O)(=O)c1cc(C(=O)NOCC(=O)O)n(C)c1. The van der Waals surface area contributed by atoms with Gasteiger partial charge in [-0.25, -0.2) is 23.4 Å². The van der Waals surface area contributed by atoms with E-state index < -0.39 is 28.5 Å². The molecule has 9 nitrogen and oxygen atoms in total. The minimum Gasteiger partial charge on any atom is -0.479 e. The van der Waals surface area contributed by atoms with Gasteiger partial charge in [-0.15, -0.1) is 0 Å². The van der Waals surface area contributed by atoms with Crippen LogP contribution in [0.3, 0.4) is 0 Å². The maximum absolute atomic E-state index is 11.6. The first-order valence-electron chi connectivity index (χ1n) is 5.01. The van der Waals surface area contributed by atoms with Gasteiger partial charge in [0.15, 0.2) is 6.61 Å². The van der Waals surface area contributed by atoms with E-state index in [1.807, 2.05) is 5.48 Å².